The van der Waals surface area contributed by atoms with Gasteiger partial charge in [-0.1, -0.05) is 45.0 Å². The average molecular weight is 276 g/mol. The standard InChI is InChI=1S/C17H28N2O/c1-6-17(5,18)16(20)19-13(4)15-9-7-14(8-10-15)11-12(2)3/h7-10,12-13H,6,11,18H2,1-5H3,(H,19,20). The van der Waals surface area contributed by atoms with Crippen LogP contribution in [0.3, 0.4) is 0 Å². The van der Waals surface area contributed by atoms with E-state index >= 15 is 0 Å². The predicted octanol–water partition coefficient (Wildman–Crippen LogP) is 3.19. The Morgan fingerprint density at radius 3 is 2.25 bits per heavy atom. The van der Waals surface area contributed by atoms with Gasteiger partial charge < -0.3 is 11.1 Å². The fourth-order valence-corrected chi connectivity index (χ4v) is 2.02. The van der Waals surface area contributed by atoms with E-state index in [0.717, 1.165) is 12.0 Å². The van der Waals surface area contributed by atoms with Crippen molar-refractivity contribution in [1.29, 1.82) is 0 Å². The van der Waals surface area contributed by atoms with Gasteiger partial charge >= 0.3 is 0 Å². The Labute approximate surface area is 122 Å². The summed E-state index contributed by atoms with van der Waals surface area (Å²) in [7, 11) is 0. The Kier molecular flexibility index (Phi) is 5.75. The summed E-state index contributed by atoms with van der Waals surface area (Å²) in [4.78, 5) is 12.1. The van der Waals surface area contributed by atoms with Gasteiger partial charge in [-0.2, -0.15) is 0 Å². The molecule has 3 heteroatoms. The van der Waals surface area contributed by atoms with Gasteiger partial charge in [-0.15, -0.1) is 0 Å². The fourth-order valence-electron chi connectivity index (χ4n) is 2.02. The molecule has 0 aliphatic rings. The minimum atomic E-state index is -0.800. The Morgan fingerprint density at radius 1 is 1.25 bits per heavy atom. The van der Waals surface area contributed by atoms with Gasteiger partial charge in [0, 0.05) is 0 Å². The maximum atomic E-state index is 12.1. The number of rotatable bonds is 6. The van der Waals surface area contributed by atoms with Crippen molar-refractivity contribution in [2.75, 3.05) is 0 Å². The summed E-state index contributed by atoms with van der Waals surface area (Å²) >= 11 is 0. The number of nitrogens with two attached hydrogens (primary N) is 1. The first-order valence-electron chi connectivity index (χ1n) is 7.45. The molecule has 3 N–H and O–H groups in total. The molecule has 0 aliphatic heterocycles. The van der Waals surface area contributed by atoms with Crippen LogP contribution in [0.2, 0.25) is 0 Å². The van der Waals surface area contributed by atoms with E-state index in [1.165, 1.54) is 5.56 Å². The van der Waals surface area contributed by atoms with Crippen molar-refractivity contribution >= 4 is 5.91 Å². The molecular weight excluding hydrogens is 248 g/mol. The zero-order valence-electron chi connectivity index (χ0n) is 13.4. The Hall–Kier alpha value is -1.35. The third-order valence-electron chi connectivity index (χ3n) is 3.72. The number of hydrogen-bond acceptors (Lipinski definition) is 2. The first-order chi connectivity index (χ1) is 9.26. The molecular formula is C17H28N2O. The number of carbonyl (C=O) groups excluding carboxylic acids is 1. The molecule has 1 aromatic carbocycles. The van der Waals surface area contributed by atoms with Crippen LogP contribution in [0.5, 0.6) is 0 Å². The molecule has 0 saturated heterocycles. The molecule has 0 saturated carbocycles. The third-order valence-corrected chi connectivity index (χ3v) is 3.72. The van der Waals surface area contributed by atoms with Crippen LogP contribution in [0.1, 0.15) is 58.2 Å². The summed E-state index contributed by atoms with van der Waals surface area (Å²) in [5.41, 5.74) is 7.59. The molecule has 3 nitrogen and oxygen atoms in total. The summed E-state index contributed by atoms with van der Waals surface area (Å²) in [5, 5.41) is 2.98. The van der Waals surface area contributed by atoms with Crippen molar-refractivity contribution in [1.82, 2.24) is 5.32 Å². The highest BCUT2D eigenvalue weighted by atomic mass is 16.2. The topological polar surface area (TPSA) is 55.1 Å². The number of hydrogen-bond donors (Lipinski definition) is 2. The lowest BCUT2D eigenvalue weighted by molar-refractivity contribution is -0.126. The first-order valence-corrected chi connectivity index (χ1v) is 7.45. The minimum Gasteiger partial charge on any atom is -0.348 e. The number of nitrogens with one attached hydrogen (secondary N) is 1. The normalized spacial score (nSPS) is 15.8. The van der Waals surface area contributed by atoms with Gasteiger partial charge in [-0.3, -0.25) is 4.79 Å². The van der Waals surface area contributed by atoms with Crippen LogP contribution in [-0.4, -0.2) is 11.4 Å². The van der Waals surface area contributed by atoms with Crippen LogP contribution >= 0.6 is 0 Å². The fraction of sp³-hybridized carbons (Fsp3) is 0.588. The van der Waals surface area contributed by atoms with Gasteiger partial charge in [0.15, 0.2) is 0 Å². The summed E-state index contributed by atoms with van der Waals surface area (Å²) in [6.07, 6.45) is 1.70. The van der Waals surface area contributed by atoms with Gasteiger partial charge in [0.25, 0.3) is 0 Å². The van der Waals surface area contributed by atoms with Crippen LogP contribution in [0.4, 0.5) is 0 Å². The molecule has 1 amide bonds. The number of amides is 1. The predicted molar refractivity (Wildman–Crippen MR) is 84.4 cm³/mol. The lowest BCUT2D eigenvalue weighted by atomic mass is 9.97. The lowest BCUT2D eigenvalue weighted by Crippen LogP contribution is -2.51. The van der Waals surface area contributed by atoms with E-state index in [-0.39, 0.29) is 11.9 Å². The summed E-state index contributed by atoms with van der Waals surface area (Å²) in [6, 6.07) is 8.43. The van der Waals surface area contributed by atoms with Gasteiger partial charge in [0.1, 0.15) is 0 Å². The number of carbonyl (C=O) groups is 1. The second-order valence-corrected chi connectivity index (χ2v) is 6.31. The van der Waals surface area contributed by atoms with E-state index in [4.69, 9.17) is 5.73 Å². The van der Waals surface area contributed by atoms with E-state index in [9.17, 15) is 4.79 Å². The lowest BCUT2D eigenvalue weighted by Gasteiger charge is -2.24. The zero-order valence-corrected chi connectivity index (χ0v) is 13.4. The van der Waals surface area contributed by atoms with Crippen LogP contribution in [-0.2, 0) is 11.2 Å². The van der Waals surface area contributed by atoms with Crippen molar-refractivity contribution in [2.24, 2.45) is 11.7 Å². The molecule has 2 atom stereocenters. The van der Waals surface area contributed by atoms with E-state index in [1.807, 2.05) is 13.8 Å². The molecule has 112 valence electrons. The molecule has 0 heterocycles. The highest BCUT2D eigenvalue weighted by Crippen LogP contribution is 2.17. The third kappa shape index (κ3) is 4.64. The van der Waals surface area contributed by atoms with Crippen LogP contribution in [0, 0.1) is 5.92 Å². The second kappa shape index (κ2) is 6.89. The minimum absolute atomic E-state index is 0.0231. The van der Waals surface area contributed by atoms with Crippen molar-refractivity contribution in [2.45, 2.75) is 59.0 Å². The molecule has 2 unspecified atom stereocenters. The molecule has 20 heavy (non-hydrogen) atoms. The van der Waals surface area contributed by atoms with E-state index in [0.29, 0.717) is 12.3 Å². The SMILES string of the molecule is CCC(C)(N)C(=O)NC(C)c1ccc(CC(C)C)cc1. The van der Waals surface area contributed by atoms with Crippen LogP contribution in [0.25, 0.3) is 0 Å². The van der Waals surface area contributed by atoms with Crippen LogP contribution < -0.4 is 11.1 Å². The largest absolute Gasteiger partial charge is 0.348 e. The Bertz CT molecular complexity index is 435. The molecule has 0 aliphatic carbocycles. The van der Waals surface area contributed by atoms with E-state index in [1.54, 1.807) is 6.92 Å². The molecule has 0 spiro atoms. The van der Waals surface area contributed by atoms with Crippen LogP contribution in [0.15, 0.2) is 24.3 Å². The van der Waals surface area contributed by atoms with Crippen molar-refractivity contribution in [3.63, 3.8) is 0 Å². The summed E-state index contributed by atoms with van der Waals surface area (Å²) in [5.74, 6) is 0.555. The molecule has 1 aromatic rings. The molecule has 1 rings (SSSR count). The average Bonchev–Trinajstić information content (AvgIpc) is 2.38. The Balaban J connectivity index is 2.68. The number of benzene rings is 1. The zero-order chi connectivity index (χ0) is 15.3. The maximum absolute atomic E-state index is 12.1. The smallest absolute Gasteiger partial charge is 0.240 e. The maximum Gasteiger partial charge on any atom is 0.240 e. The highest BCUT2D eigenvalue weighted by Gasteiger charge is 2.27. The van der Waals surface area contributed by atoms with Crippen molar-refractivity contribution in [3.05, 3.63) is 35.4 Å². The summed E-state index contributed by atoms with van der Waals surface area (Å²) in [6.45, 7) is 10.1. The molecule has 0 fully saturated rings. The second-order valence-electron chi connectivity index (χ2n) is 6.31. The highest BCUT2D eigenvalue weighted by molar-refractivity contribution is 5.85. The van der Waals surface area contributed by atoms with Gasteiger partial charge in [-0.25, -0.2) is 0 Å². The molecule has 0 bridgehead atoms. The quantitative estimate of drug-likeness (QED) is 0.838. The monoisotopic (exact) mass is 276 g/mol. The van der Waals surface area contributed by atoms with Gasteiger partial charge in [0.2, 0.25) is 5.91 Å². The van der Waals surface area contributed by atoms with Crippen molar-refractivity contribution < 1.29 is 4.79 Å². The van der Waals surface area contributed by atoms with Crippen molar-refractivity contribution in [3.8, 4) is 0 Å². The van der Waals surface area contributed by atoms with E-state index < -0.39 is 5.54 Å². The van der Waals surface area contributed by atoms with Gasteiger partial charge in [0.05, 0.1) is 11.6 Å². The first kappa shape index (κ1) is 16.7. The summed E-state index contributed by atoms with van der Waals surface area (Å²) < 4.78 is 0. The van der Waals surface area contributed by atoms with E-state index in [2.05, 4.69) is 43.4 Å². The molecule has 0 aromatic heterocycles. The Morgan fingerprint density at radius 2 is 1.80 bits per heavy atom. The molecule has 0 radical (unpaired) electrons. The van der Waals surface area contributed by atoms with Gasteiger partial charge in [-0.05, 0) is 43.7 Å².